The topological polar surface area (TPSA) is 23.6 Å². The predicted octanol–water partition coefficient (Wildman–Crippen LogP) is 3.54. The van der Waals surface area contributed by atoms with Gasteiger partial charge in [0.25, 0.3) is 5.91 Å². The summed E-state index contributed by atoms with van der Waals surface area (Å²) in [6.07, 6.45) is 0. The second kappa shape index (κ2) is 6.59. The molecule has 1 heterocycles. The first-order chi connectivity index (χ1) is 11.5. The van der Waals surface area contributed by atoms with Gasteiger partial charge >= 0.3 is 0 Å². The van der Waals surface area contributed by atoms with Gasteiger partial charge in [0.15, 0.2) is 11.6 Å². The smallest absolute Gasteiger partial charge is 0.254 e. The van der Waals surface area contributed by atoms with Gasteiger partial charge in [-0.2, -0.15) is 0 Å². The van der Waals surface area contributed by atoms with Crippen molar-refractivity contribution in [3.05, 3.63) is 64.7 Å². The van der Waals surface area contributed by atoms with E-state index in [1.807, 2.05) is 0 Å². The monoisotopic (exact) mass is 330 g/mol. The molecule has 24 heavy (non-hydrogen) atoms. The van der Waals surface area contributed by atoms with E-state index in [1.165, 1.54) is 22.9 Å². The van der Waals surface area contributed by atoms with Crippen molar-refractivity contribution < 1.29 is 13.6 Å². The number of carbonyl (C=O) groups excluding carboxylic acids is 1. The zero-order valence-corrected chi connectivity index (χ0v) is 13.9. The summed E-state index contributed by atoms with van der Waals surface area (Å²) >= 11 is 0. The Hall–Kier alpha value is -2.43. The summed E-state index contributed by atoms with van der Waals surface area (Å²) in [6, 6.07) is 9.63. The molecule has 1 aliphatic rings. The lowest BCUT2D eigenvalue weighted by Crippen LogP contribution is -2.49. The van der Waals surface area contributed by atoms with Gasteiger partial charge in [0, 0.05) is 37.4 Å². The van der Waals surface area contributed by atoms with Gasteiger partial charge in [-0.05, 0) is 43.7 Å². The lowest BCUT2D eigenvalue weighted by molar-refractivity contribution is 0.0746. The fraction of sp³-hybridized carbons (Fsp3) is 0.316. The summed E-state index contributed by atoms with van der Waals surface area (Å²) in [6.45, 7) is 6.71. The van der Waals surface area contributed by atoms with E-state index in [2.05, 4.69) is 36.9 Å². The van der Waals surface area contributed by atoms with Crippen LogP contribution in [0.1, 0.15) is 21.5 Å². The zero-order valence-electron chi connectivity index (χ0n) is 13.9. The normalized spacial score (nSPS) is 14.8. The fourth-order valence-electron chi connectivity index (χ4n) is 3.12. The Labute approximate surface area is 140 Å². The molecule has 1 saturated heterocycles. The molecule has 3 nitrogen and oxygen atoms in total. The molecule has 0 radical (unpaired) electrons. The van der Waals surface area contributed by atoms with Gasteiger partial charge in [-0.25, -0.2) is 8.78 Å². The van der Waals surface area contributed by atoms with Crippen molar-refractivity contribution in [2.75, 3.05) is 31.1 Å². The molecule has 0 unspecified atom stereocenters. The van der Waals surface area contributed by atoms with Gasteiger partial charge in [0.05, 0.1) is 0 Å². The van der Waals surface area contributed by atoms with Gasteiger partial charge in [0.2, 0.25) is 0 Å². The molecule has 0 aliphatic carbocycles. The summed E-state index contributed by atoms with van der Waals surface area (Å²) in [5.41, 5.74) is 3.81. The third-order valence-electron chi connectivity index (χ3n) is 4.43. The Balaban J connectivity index is 1.68. The molecule has 0 N–H and O–H groups in total. The number of hydrogen-bond acceptors (Lipinski definition) is 2. The minimum atomic E-state index is -0.991. The molecular weight excluding hydrogens is 310 g/mol. The minimum Gasteiger partial charge on any atom is -0.368 e. The number of hydrogen-bond donors (Lipinski definition) is 0. The van der Waals surface area contributed by atoms with Crippen molar-refractivity contribution in [3.8, 4) is 0 Å². The number of aryl methyl sites for hydroxylation is 2. The highest BCUT2D eigenvalue weighted by Crippen LogP contribution is 2.23. The summed E-state index contributed by atoms with van der Waals surface area (Å²) in [5.74, 6) is -2.19. The number of halogens is 2. The first-order valence-electron chi connectivity index (χ1n) is 8.02. The van der Waals surface area contributed by atoms with Crippen LogP contribution in [0, 0.1) is 25.5 Å². The van der Waals surface area contributed by atoms with Gasteiger partial charge in [-0.1, -0.05) is 17.7 Å². The van der Waals surface area contributed by atoms with Crippen LogP contribution in [0.25, 0.3) is 0 Å². The van der Waals surface area contributed by atoms with Gasteiger partial charge in [-0.15, -0.1) is 0 Å². The number of nitrogens with zero attached hydrogens (tertiary/aromatic N) is 2. The van der Waals surface area contributed by atoms with E-state index >= 15 is 0 Å². The zero-order chi connectivity index (χ0) is 17.3. The van der Waals surface area contributed by atoms with Crippen molar-refractivity contribution in [1.29, 1.82) is 0 Å². The number of rotatable bonds is 2. The maximum atomic E-state index is 13.3. The molecule has 3 rings (SSSR count). The largest absolute Gasteiger partial charge is 0.368 e. The Bertz CT molecular complexity index is 768. The van der Waals surface area contributed by atoms with E-state index < -0.39 is 11.6 Å². The van der Waals surface area contributed by atoms with Crippen molar-refractivity contribution in [1.82, 2.24) is 4.90 Å². The van der Waals surface area contributed by atoms with Crippen LogP contribution in [0.3, 0.4) is 0 Å². The second-order valence-electron chi connectivity index (χ2n) is 6.20. The van der Waals surface area contributed by atoms with Crippen LogP contribution in [-0.4, -0.2) is 37.0 Å². The number of carbonyl (C=O) groups is 1. The summed E-state index contributed by atoms with van der Waals surface area (Å²) in [7, 11) is 0. The standard InChI is InChI=1S/C19H20F2N2O/c1-13-3-6-18(14(2)11-13)22-7-9-23(10-8-22)19(24)15-4-5-16(20)17(21)12-15/h3-6,11-12H,7-10H2,1-2H3. The maximum absolute atomic E-state index is 13.3. The Morgan fingerprint density at radius 2 is 1.62 bits per heavy atom. The van der Waals surface area contributed by atoms with Gasteiger partial charge < -0.3 is 9.80 Å². The number of piperazine rings is 1. The lowest BCUT2D eigenvalue weighted by Gasteiger charge is -2.37. The molecular formula is C19H20F2N2O. The van der Waals surface area contributed by atoms with E-state index in [1.54, 1.807) is 4.90 Å². The van der Waals surface area contributed by atoms with E-state index in [4.69, 9.17) is 0 Å². The van der Waals surface area contributed by atoms with Crippen LogP contribution < -0.4 is 4.90 Å². The fourth-order valence-corrected chi connectivity index (χ4v) is 3.12. The molecule has 2 aromatic carbocycles. The van der Waals surface area contributed by atoms with Crippen LogP contribution in [-0.2, 0) is 0 Å². The Morgan fingerprint density at radius 3 is 2.25 bits per heavy atom. The highest BCUT2D eigenvalue weighted by molar-refractivity contribution is 5.94. The van der Waals surface area contributed by atoms with E-state index in [-0.39, 0.29) is 11.5 Å². The van der Waals surface area contributed by atoms with Crippen molar-refractivity contribution in [2.24, 2.45) is 0 Å². The van der Waals surface area contributed by atoms with Crippen LogP contribution in [0.15, 0.2) is 36.4 Å². The summed E-state index contributed by atoms with van der Waals surface area (Å²) in [4.78, 5) is 16.4. The van der Waals surface area contributed by atoms with Crippen molar-refractivity contribution in [2.45, 2.75) is 13.8 Å². The number of amides is 1. The second-order valence-corrected chi connectivity index (χ2v) is 6.20. The summed E-state index contributed by atoms with van der Waals surface area (Å²) in [5, 5.41) is 0. The van der Waals surface area contributed by atoms with E-state index in [0.29, 0.717) is 13.1 Å². The van der Waals surface area contributed by atoms with Crippen LogP contribution >= 0.6 is 0 Å². The van der Waals surface area contributed by atoms with Gasteiger partial charge in [-0.3, -0.25) is 4.79 Å². The maximum Gasteiger partial charge on any atom is 0.254 e. The molecule has 1 fully saturated rings. The number of benzene rings is 2. The Kier molecular flexibility index (Phi) is 4.51. The SMILES string of the molecule is Cc1ccc(N2CCN(C(=O)c3ccc(F)c(F)c3)CC2)c(C)c1. The Morgan fingerprint density at radius 1 is 0.917 bits per heavy atom. The highest BCUT2D eigenvalue weighted by Gasteiger charge is 2.23. The average molecular weight is 330 g/mol. The first kappa shape index (κ1) is 16.4. The van der Waals surface area contributed by atoms with Crippen LogP contribution in [0.4, 0.5) is 14.5 Å². The van der Waals surface area contributed by atoms with Crippen molar-refractivity contribution in [3.63, 3.8) is 0 Å². The molecule has 0 spiro atoms. The molecule has 0 aromatic heterocycles. The van der Waals surface area contributed by atoms with Crippen LogP contribution in [0.5, 0.6) is 0 Å². The van der Waals surface area contributed by atoms with E-state index in [0.717, 1.165) is 25.2 Å². The third-order valence-corrected chi connectivity index (χ3v) is 4.43. The van der Waals surface area contributed by atoms with Crippen molar-refractivity contribution >= 4 is 11.6 Å². The quantitative estimate of drug-likeness (QED) is 0.841. The first-order valence-corrected chi connectivity index (χ1v) is 8.02. The van der Waals surface area contributed by atoms with E-state index in [9.17, 15) is 13.6 Å². The molecule has 126 valence electrons. The lowest BCUT2D eigenvalue weighted by atomic mass is 10.1. The third kappa shape index (κ3) is 3.25. The molecule has 2 aromatic rings. The molecule has 1 aliphatic heterocycles. The molecule has 0 bridgehead atoms. The number of anilines is 1. The van der Waals surface area contributed by atoms with Gasteiger partial charge in [0.1, 0.15) is 0 Å². The molecule has 5 heteroatoms. The van der Waals surface area contributed by atoms with Crippen LogP contribution in [0.2, 0.25) is 0 Å². The summed E-state index contributed by atoms with van der Waals surface area (Å²) < 4.78 is 26.3. The average Bonchev–Trinajstić information content (AvgIpc) is 2.57. The molecule has 0 atom stereocenters. The minimum absolute atomic E-state index is 0.189. The molecule has 0 saturated carbocycles. The predicted molar refractivity (Wildman–Crippen MR) is 90.4 cm³/mol. The highest BCUT2D eigenvalue weighted by atomic mass is 19.2. The molecule has 1 amide bonds.